The Morgan fingerprint density at radius 3 is 2.50 bits per heavy atom. The standard InChI is InChI=1S/C26H24N2O3S/c1-3-19-11-13-23(14-12-19)28(18(2)29)26-27-22(17-32-26)16-31-25(30)15-21-9-6-8-20-7-4-5-10-24(20)21/h4-14,17H,3,15-16H2,1-2H3. The van der Waals surface area contributed by atoms with E-state index in [4.69, 9.17) is 4.74 Å². The Kier molecular flexibility index (Phi) is 6.61. The third-order valence-electron chi connectivity index (χ3n) is 5.24. The van der Waals surface area contributed by atoms with Gasteiger partial charge in [0, 0.05) is 12.3 Å². The Bertz CT molecular complexity index is 1240. The van der Waals surface area contributed by atoms with Gasteiger partial charge in [-0.25, -0.2) is 4.98 Å². The third-order valence-corrected chi connectivity index (χ3v) is 6.12. The summed E-state index contributed by atoms with van der Waals surface area (Å²) >= 11 is 1.35. The van der Waals surface area contributed by atoms with Crippen molar-refractivity contribution in [3.05, 3.63) is 88.9 Å². The average Bonchev–Trinajstić information content (AvgIpc) is 3.27. The zero-order valence-electron chi connectivity index (χ0n) is 18.1. The fourth-order valence-corrected chi connectivity index (χ4v) is 4.45. The van der Waals surface area contributed by atoms with Gasteiger partial charge in [0.2, 0.25) is 5.91 Å². The van der Waals surface area contributed by atoms with Crippen molar-refractivity contribution in [2.24, 2.45) is 0 Å². The number of nitrogens with zero attached hydrogens (tertiary/aromatic N) is 2. The number of hydrogen-bond donors (Lipinski definition) is 0. The maximum absolute atomic E-state index is 12.4. The van der Waals surface area contributed by atoms with E-state index in [9.17, 15) is 9.59 Å². The lowest BCUT2D eigenvalue weighted by Gasteiger charge is -2.18. The van der Waals surface area contributed by atoms with E-state index in [1.165, 1.54) is 23.8 Å². The van der Waals surface area contributed by atoms with Crippen LogP contribution in [0, 0.1) is 0 Å². The summed E-state index contributed by atoms with van der Waals surface area (Å²) in [6.07, 6.45) is 1.13. The summed E-state index contributed by atoms with van der Waals surface area (Å²) in [5.41, 5.74) is 3.52. The number of amides is 1. The molecule has 6 heteroatoms. The first-order valence-corrected chi connectivity index (χ1v) is 11.4. The molecule has 0 spiro atoms. The zero-order valence-corrected chi connectivity index (χ0v) is 18.9. The second-order valence-electron chi connectivity index (χ2n) is 7.47. The molecule has 0 radical (unpaired) electrons. The maximum Gasteiger partial charge on any atom is 0.310 e. The minimum Gasteiger partial charge on any atom is -0.459 e. The van der Waals surface area contributed by atoms with Crippen LogP contribution < -0.4 is 4.90 Å². The first-order valence-electron chi connectivity index (χ1n) is 10.5. The van der Waals surface area contributed by atoms with Crippen LogP contribution in [0.1, 0.15) is 30.7 Å². The molecule has 5 nitrogen and oxygen atoms in total. The average molecular weight is 445 g/mol. The van der Waals surface area contributed by atoms with Crippen LogP contribution in [0.25, 0.3) is 10.8 Å². The molecule has 1 aromatic heterocycles. The molecule has 4 rings (SSSR count). The van der Waals surface area contributed by atoms with Gasteiger partial charge in [-0.2, -0.15) is 0 Å². The van der Waals surface area contributed by atoms with Gasteiger partial charge in [0.05, 0.1) is 17.8 Å². The molecule has 0 bridgehead atoms. The van der Waals surface area contributed by atoms with Crippen LogP contribution in [0.4, 0.5) is 10.8 Å². The van der Waals surface area contributed by atoms with Gasteiger partial charge < -0.3 is 4.74 Å². The SMILES string of the molecule is CCc1ccc(N(C(C)=O)c2nc(COC(=O)Cc3cccc4ccccc34)cs2)cc1. The van der Waals surface area contributed by atoms with E-state index in [-0.39, 0.29) is 24.9 Å². The topological polar surface area (TPSA) is 59.5 Å². The Balaban J connectivity index is 1.43. The molecular weight excluding hydrogens is 420 g/mol. The first-order chi connectivity index (χ1) is 15.5. The molecule has 0 aliphatic rings. The summed E-state index contributed by atoms with van der Waals surface area (Å²) in [6.45, 7) is 3.67. The van der Waals surface area contributed by atoms with E-state index in [1.54, 1.807) is 4.90 Å². The van der Waals surface area contributed by atoms with Crippen LogP contribution in [-0.2, 0) is 33.8 Å². The van der Waals surface area contributed by atoms with Crippen molar-refractivity contribution in [2.45, 2.75) is 33.3 Å². The van der Waals surface area contributed by atoms with E-state index in [0.717, 1.165) is 28.4 Å². The Morgan fingerprint density at radius 2 is 1.75 bits per heavy atom. The molecule has 0 unspecified atom stereocenters. The fourth-order valence-electron chi connectivity index (χ4n) is 3.58. The second kappa shape index (κ2) is 9.75. The molecule has 0 N–H and O–H groups in total. The highest BCUT2D eigenvalue weighted by Crippen LogP contribution is 2.29. The van der Waals surface area contributed by atoms with E-state index in [1.807, 2.05) is 72.1 Å². The van der Waals surface area contributed by atoms with Gasteiger partial charge in [0.15, 0.2) is 5.13 Å². The van der Waals surface area contributed by atoms with Gasteiger partial charge in [-0.05, 0) is 40.5 Å². The van der Waals surface area contributed by atoms with E-state index in [2.05, 4.69) is 11.9 Å². The molecule has 0 saturated carbocycles. The van der Waals surface area contributed by atoms with Crippen molar-refractivity contribution in [3.63, 3.8) is 0 Å². The number of carbonyl (C=O) groups is 2. The number of fused-ring (bicyclic) bond motifs is 1. The minimum absolute atomic E-state index is 0.0701. The molecule has 3 aromatic carbocycles. The molecule has 4 aromatic rings. The number of hydrogen-bond acceptors (Lipinski definition) is 5. The number of benzene rings is 3. The van der Waals surface area contributed by atoms with Crippen LogP contribution in [0.5, 0.6) is 0 Å². The van der Waals surface area contributed by atoms with E-state index in [0.29, 0.717) is 10.8 Å². The van der Waals surface area contributed by atoms with Crippen molar-refractivity contribution in [3.8, 4) is 0 Å². The van der Waals surface area contributed by atoms with Crippen molar-refractivity contribution in [2.75, 3.05) is 4.90 Å². The number of carbonyl (C=O) groups excluding carboxylic acids is 2. The Labute approximate surface area is 191 Å². The lowest BCUT2D eigenvalue weighted by atomic mass is 10.0. The summed E-state index contributed by atoms with van der Waals surface area (Å²) in [7, 11) is 0. The monoisotopic (exact) mass is 444 g/mol. The Morgan fingerprint density at radius 1 is 1.00 bits per heavy atom. The van der Waals surface area contributed by atoms with Crippen LogP contribution >= 0.6 is 11.3 Å². The number of anilines is 2. The fraction of sp³-hybridized carbons (Fsp3) is 0.192. The van der Waals surface area contributed by atoms with Crippen molar-refractivity contribution >= 4 is 44.8 Å². The predicted molar refractivity (Wildman–Crippen MR) is 128 cm³/mol. The van der Waals surface area contributed by atoms with E-state index >= 15 is 0 Å². The van der Waals surface area contributed by atoms with Crippen molar-refractivity contribution < 1.29 is 14.3 Å². The zero-order chi connectivity index (χ0) is 22.5. The summed E-state index contributed by atoms with van der Waals surface area (Å²) < 4.78 is 5.47. The van der Waals surface area contributed by atoms with Gasteiger partial charge in [0.25, 0.3) is 0 Å². The van der Waals surface area contributed by atoms with Crippen molar-refractivity contribution in [1.29, 1.82) is 0 Å². The molecule has 162 valence electrons. The van der Waals surface area contributed by atoms with Gasteiger partial charge >= 0.3 is 5.97 Å². The predicted octanol–water partition coefficient (Wildman–Crippen LogP) is 5.83. The van der Waals surface area contributed by atoms with Crippen LogP contribution in [-0.4, -0.2) is 16.9 Å². The normalized spacial score (nSPS) is 10.8. The van der Waals surface area contributed by atoms with Gasteiger partial charge in [-0.15, -0.1) is 11.3 Å². The molecule has 0 atom stereocenters. The molecule has 32 heavy (non-hydrogen) atoms. The Hall–Kier alpha value is -3.51. The van der Waals surface area contributed by atoms with Gasteiger partial charge in [-0.1, -0.05) is 61.5 Å². The smallest absolute Gasteiger partial charge is 0.310 e. The molecule has 0 fully saturated rings. The van der Waals surface area contributed by atoms with Crippen LogP contribution in [0.3, 0.4) is 0 Å². The molecule has 0 aliphatic heterocycles. The number of aryl methyl sites for hydroxylation is 1. The highest BCUT2D eigenvalue weighted by Gasteiger charge is 2.18. The largest absolute Gasteiger partial charge is 0.459 e. The molecule has 0 saturated heterocycles. The van der Waals surface area contributed by atoms with Gasteiger partial charge in [-0.3, -0.25) is 14.5 Å². The minimum atomic E-state index is -0.311. The summed E-state index contributed by atoms with van der Waals surface area (Å²) in [5.74, 6) is -0.433. The first kappa shape index (κ1) is 21.7. The van der Waals surface area contributed by atoms with Crippen molar-refractivity contribution in [1.82, 2.24) is 4.98 Å². The number of esters is 1. The molecule has 1 amide bonds. The molecular formula is C26H24N2O3S. The number of aromatic nitrogens is 1. The summed E-state index contributed by atoms with van der Waals surface area (Å²) in [4.78, 5) is 30.8. The summed E-state index contributed by atoms with van der Waals surface area (Å²) in [6, 6.07) is 21.8. The second-order valence-corrected chi connectivity index (χ2v) is 8.31. The number of thiazole rings is 1. The highest BCUT2D eigenvalue weighted by molar-refractivity contribution is 7.14. The molecule has 0 aliphatic carbocycles. The van der Waals surface area contributed by atoms with Crippen LogP contribution in [0.2, 0.25) is 0 Å². The highest BCUT2D eigenvalue weighted by atomic mass is 32.1. The lowest BCUT2D eigenvalue weighted by molar-refractivity contribution is -0.144. The van der Waals surface area contributed by atoms with Crippen LogP contribution in [0.15, 0.2) is 72.1 Å². The maximum atomic E-state index is 12.4. The lowest BCUT2D eigenvalue weighted by Crippen LogP contribution is -2.22. The number of ether oxygens (including phenoxy) is 1. The number of rotatable bonds is 7. The van der Waals surface area contributed by atoms with E-state index < -0.39 is 0 Å². The quantitative estimate of drug-likeness (QED) is 0.337. The third kappa shape index (κ3) is 4.86. The van der Waals surface area contributed by atoms with Gasteiger partial charge in [0.1, 0.15) is 6.61 Å². The molecule has 1 heterocycles. The summed E-state index contributed by atoms with van der Waals surface area (Å²) in [5, 5.41) is 4.52.